The molecular weight excluding hydrogens is 322 g/mol. The first kappa shape index (κ1) is 16.3. The minimum atomic E-state index is -0.186. The second-order valence-corrected chi connectivity index (χ2v) is 6.24. The number of aryl methyl sites for hydroxylation is 1. The Morgan fingerprint density at radius 3 is 2.88 bits per heavy atom. The number of nitrogens with zero attached hydrogens (tertiary/aromatic N) is 2. The highest BCUT2D eigenvalue weighted by atomic mass is 32.1. The van der Waals surface area contributed by atoms with Gasteiger partial charge in [-0.25, -0.2) is 4.98 Å². The largest absolute Gasteiger partial charge is 0.380 e. The van der Waals surface area contributed by atoms with Gasteiger partial charge in [-0.2, -0.15) is 0 Å². The monoisotopic (exact) mass is 339 g/mol. The molecule has 0 saturated carbocycles. The number of hydrogen-bond acceptors (Lipinski definition) is 5. The molecule has 0 radical (unpaired) electrons. The fourth-order valence-corrected chi connectivity index (χ4v) is 3.26. The van der Waals surface area contributed by atoms with E-state index in [9.17, 15) is 4.79 Å². The van der Waals surface area contributed by atoms with Crippen LogP contribution in [-0.2, 0) is 11.3 Å². The minimum Gasteiger partial charge on any atom is -0.380 e. The Kier molecular flexibility index (Phi) is 4.98. The summed E-state index contributed by atoms with van der Waals surface area (Å²) in [6.07, 6.45) is 1.74. The number of hydrogen-bond donors (Lipinski definition) is 1. The normalized spacial score (nSPS) is 10.6. The molecule has 2 aromatic heterocycles. The summed E-state index contributed by atoms with van der Waals surface area (Å²) in [5.74, 6) is -0.186. The zero-order chi connectivity index (χ0) is 16.9. The molecule has 0 bridgehead atoms. The molecule has 1 N–H and O–H groups in total. The molecule has 0 saturated heterocycles. The summed E-state index contributed by atoms with van der Waals surface area (Å²) in [6.45, 7) is 2.39. The van der Waals surface area contributed by atoms with E-state index in [2.05, 4.69) is 15.3 Å². The molecule has 0 spiro atoms. The lowest BCUT2D eigenvalue weighted by atomic mass is 10.1. The fraction of sp³-hybridized carbons (Fsp3) is 0.167. The number of nitrogens with one attached hydrogen (secondary N) is 1. The van der Waals surface area contributed by atoms with E-state index >= 15 is 0 Å². The van der Waals surface area contributed by atoms with Gasteiger partial charge in [-0.1, -0.05) is 29.5 Å². The minimum absolute atomic E-state index is 0.186. The third kappa shape index (κ3) is 3.67. The number of benzene rings is 1. The van der Waals surface area contributed by atoms with Crippen LogP contribution in [-0.4, -0.2) is 23.0 Å². The summed E-state index contributed by atoms with van der Waals surface area (Å²) in [4.78, 5) is 22.2. The van der Waals surface area contributed by atoms with Crippen molar-refractivity contribution in [2.75, 3.05) is 12.4 Å². The van der Waals surface area contributed by atoms with Crippen LogP contribution in [0.25, 0.3) is 10.6 Å². The fourth-order valence-electron chi connectivity index (χ4n) is 2.32. The molecule has 122 valence electrons. The van der Waals surface area contributed by atoms with Crippen LogP contribution in [0.3, 0.4) is 0 Å². The molecule has 0 aliphatic rings. The van der Waals surface area contributed by atoms with E-state index in [4.69, 9.17) is 4.74 Å². The lowest BCUT2D eigenvalue weighted by molar-refractivity contribution is 0.102. The van der Waals surface area contributed by atoms with Crippen molar-refractivity contribution in [2.45, 2.75) is 13.5 Å². The Morgan fingerprint density at radius 2 is 2.12 bits per heavy atom. The summed E-state index contributed by atoms with van der Waals surface area (Å²) in [5, 5.41) is 3.42. The van der Waals surface area contributed by atoms with Crippen LogP contribution in [0.5, 0.6) is 0 Å². The zero-order valence-corrected chi connectivity index (χ0v) is 14.3. The standard InChI is InChI=1S/C18H17N3O2S/c1-12-16(15-8-3-4-9-19-15)24-18(20-12)21-17(22)14-7-5-6-13(10-14)11-23-2/h3-10H,11H2,1-2H3,(H,20,21,22). The molecular formula is C18H17N3O2S. The average molecular weight is 339 g/mol. The Hall–Kier alpha value is -2.57. The van der Waals surface area contributed by atoms with Gasteiger partial charge in [0.25, 0.3) is 5.91 Å². The Bertz CT molecular complexity index is 846. The van der Waals surface area contributed by atoms with Crippen molar-refractivity contribution in [3.63, 3.8) is 0 Å². The summed E-state index contributed by atoms with van der Waals surface area (Å²) in [7, 11) is 1.63. The van der Waals surface area contributed by atoms with E-state index in [0.717, 1.165) is 21.8 Å². The summed E-state index contributed by atoms with van der Waals surface area (Å²) in [5.41, 5.74) is 3.24. The van der Waals surface area contributed by atoms with E-state index in [1.807, 2.05) is 43.3 Å². The van der Waals surface area contributed by atoms with Gasteiger partial charge in [0.15, 0.2) is 5.13 Å². The van der Waals surface area contributed by atoms with Crippen LogP contribution in [0.15, 0.2) is 48.7 Å². The van der Waals surface area contributed by atoms with Crippen LogP contribution in [0, 0.1) is 6.92 Å². The number of aromatic nitrogens is 2. The maximum Gasteiger partial charge on any atom is 0.257 e. The number of pyridine rings is 1. The van der Waals surface area contributed by atoms with Crippen LogP contribution < -0.4 is 5.32 Å². The first-order chi connectivity index (χ1) is 11.7. The van der Waals surface area contributed by atoms with Crippen molar-refractivity contribution in [3.05, 3.63) is 65.5 Å². The number of anilines is 1. The van der Waals surface area contributed by atoms with Gasteiger partial charge >= 0.3 is 0 Å². The van der Waals surface area contributed by atoms with E-state index in [1.165, 1.54) is 11.3 Å². The van der Waals surface area contributed by atoms with E-state index in [0.29, 0.717) is 17.3 Å². The van der Waals surface area contributed by atoms with Crippen LogP contribution in [0.2, 0.25) is 0 Å². The molecule has 6 heteroatoms. The Balaban J connectivity index is 1.79. The van der Waals surface area contributed by atoms with Crippen molar-refractivity contribution >= 4 is 22.4 Å². The molecule has 0 fully saturated rings. The predicted molar refractivity (Wildman–Crippen MR) is 95.2 cm³/mol. The van der Waals surface area contributed by atoms with Crippen molar-refractivity contribution in [1.29, 1.82) is 0 Å². The second-order valence-electron chi connectivity index (χ2n) is 5.24. The van der Waals surface area contributed by atoms with Gasteiger partial charge < -0.3 is 4.74 Å². The topological polar surface area (TPSA) is 64.1 Å². The average Bonchev–Trinajstić information content (AvgIpc) is 2.96. The van der Waals surface area contributed by atoms with Crippen LogP contribution >= 0.6 is 11.3 Å². The van der Waals surface area contributed by atoms with Crippen molar-refractivity contribution in [2.24, 2.45) is 0 Å². The van der Waals surface area contributed by atoms with Gasteiger partial charge in [0.05, 0.1) is 22.9 Å². The van der Waals surface area contributed by atoms with Gasteiger partial charge in [0.2, 0.25) is 0 Å². The van der Waals surface area contributed by atoms with Crippen LogP contribution in [0.1, 0.15) is 21.6 Å². The molecule has 1 aromatic carbocycles. The summed E-state index contributed by atoms with van der Waals surface area (Å²) in [6, 6.07) is 13.1. The van der Waals surface area contributed by atoms with Gasteiger partial charge in [0, 0.05) is 18.9 Å². The first-order valence-electron chi connectivity index (χ1n) is 7.45. The summed E-state index contributed by atoms with van der Waals surface area (Å²) < 4.78 is 5.10. The van der Waals surface area contributed by atoms with E-state index in [-0.39, 0.29) is 5.91 Å². The maximum absolute atomic E-state index is 12.4. The molecule has 0 aliphatic heterocycles. The Labute approximate surface area is 144 Å². The van der Waals surface area contributed by atoms with Gasteiger partial charge in [0.1, 0.15) is 0 Å². The molecule has 1 amide bonds. The van der Waals surface area contributed by atoms with E-state index in [1.54, 1.807) is 19.4 Å². The third-order valence-corrected chi connectivity index (χ3v) is 4.51. The molecule has 0 unspecified atom stereocenters. The number of thiazole rings is 1. The van der Waals surface area contributed by atoms with Gasteiger partial charge in [-0.15, -0.1) is 0 Å². The highest BCUT2D eigenvalue weighted by Crippen LogP contribution is 2.31. The number of rotatable bonds is 5. The molecule has 5 nitrogen and oxygen atoms in total. The highest BCUT2D eigenvalue weighted by molar-refractivity contribution is 7.19. The first-order valence-corrected chi connectivity index (χ1v) is 8.27. The lowest BCUT2D eigenvalue weighted by Crippen LogP contribution is -2.12. The Morgan fingerprint density at radius 1 is 1.25 bits per heavy atom. The molecule has 0 atom stereocenters. The predicted octanol–water partition coefficient (Wildman–Crippen LogP) is 3.91. The number of methoxy groups -OCH3 is 1. The van der Waals surface area contributed by atoms with Crippen molar-refractivity contribution in [1.82, 2.24) is 9.97 Å². The quantitative estimate of drug-likeness (QED) is 0.765. The zero-order valence-electron chi connectivity index (χ0n) is 13.4. The van der Waals surface area contributed by atoms with Crippen molar-refractivity contribution < 1.29 is 9.53 Å². The number of ether oxygens (including phenoxy) is 1. The number of carbonyl (C=O) groups is 1. The second kappa shape index (κ2) is 7.33. The molecule has 3 aromatic rings. The molecule has 2 heterocycles. The van der Waals surface area contributed by atoms with Gasteiger partial charge in [-0.05, 0) is 36.8 Å². The maximum atomic E-state index is 12.4. The third-order valence-electron chi connectivity index (χ3n) is 3.41. The molecule has 24 heavy (non-hydrogen) atoms. The molecule has 0 aliphatic carbocycles. The highest BCUT2D eigenvalue weighted by Gasteiger charge is 2.14. The number of carbonyl (C=O) groups excluding carboxylic acids is 1. The van der Waals surface area contributed by atoms with Gasteiger partial charge in [-0.3, -0.25) is 15.1 Å². The van der Waals surface area contributed by atoms with Crippen LogP contribution in [0.4, 0.5) is 5.13 Å². The SMILES string of the molecule is COCc1cccc(C(=O)Nc2nc(C)c(-c3ccccn3)s2)c1. The smallest absolute Gasteiger partial charge is 0.257 e. The van der Waals surface area contributed by atoms with E-state index < -0.39 is 0 Å². The van der Waals surface area contributed by atoms with Crippen molar-refractivity contribution in [3.8, 4) is 10.6 Å². The summed E-state index contributed by atoms with van der Waals surface area (Å²) >= 11 is 1.42. The molecule has 3 rings (SSSR count). The number of amides is 1. The lowest BCUT2D eigenvalue weighted by Gasteiger charge is -2.04.